The van der Waals surface area contributed by atoms with Crippen molar-refractivity contribution in [3.8, 4) is 5.75 Å². The molecule has 33 heavy (non-hydrogen) atoms. The highest BCUT2D eigenvalue weighted by Gasteiger charge is 2.24. The second kappa shape index (κ2) is 9.93. The standard InChI is InChI=1S/C24H32N6O2S/c1-15(2)7-10-29-11-8-18(14-29)30-12-9-21(28-30)26-24-25-13-20(33-24)23(32)27-22-16(3)5-6-19(31)17(22)4/h5-6,9,12-13,15,18,31H,7-8,10-11,14H2,1-4H3,(H,27,32)(H,25,26,28)/t18-/m1/s1. The molecule has 0 unspecified atom stereocenters. The van der Waals surface area contributed by atoms with Crippen molar-refractivity contribution >= 4 is 33.9 Å². The minimum absolute atomic E-state index is 0.156. The lowest BCUT2D eigenvalue weighted by Gasteiger charge is -2.17. The predicted octanol–water partition coefficient (Wildman–Crippen LogP) is 4.95. The number of likely N-dealkylation sites (tertiary alicyclic amines) is 1. The van der Waals surface area contributed by atoms with Gasteiger partial charge in [0.1, 0.15) is 10.6 Å². The fourth-order valence-corrected chi connectivity index (χ4v) is 4.75. The number of aryl methyl sites for hydroxylation is 1. The summed E-state index contributed by atoms with van der Waals surface area (Å²) in [6.07, 6.45) is 5.89. The molecule has 0 spiro atoms. The number of phenolic OH excluding ortho intramolecular Hbond substituents is 1. The third-order valence-corrected chi connectivity index (χ3v) is 7.01. The van der Waals surface area contributed by atoms with Crippen LogP contribution in [0.4, 0.5) is 16.6 Å². The molecule has 3 N–H and O–H groups in total. The van der Waals surface area contributed by atoms with Gasteiger partial charge in [0.2, 0.25) is 0 Å². The molecule has 1 aliphatic heterocycles. The van der Waals surface area contributed by atoms with Crippen LogP contribution in [0, 0.1) is 19.8 Å². The summed E-state index contributed by atoms with van der Waals surface area (Å²) < 4.78 is 2.03. The molecule has 176 valence electrons. The van der Waals surface area contributed by atoms with Crippen LogP contribution in [0.3, 0.4) is 0 Å². The number of rotatable bonds is 8. The Kier molecular flexibility index (Phi) is 6.99. The number of carbonyl (C=O) groups excluding carboxylic acids is 1. The molecule has 2 aromatic heterocycles. The Hall–Kier alpha value is -2.91. The number of thiazole rings is 1. The normalized spacial score (nSPS) is 16.5. The number of hydrogen-bond donors (Lipinski definition) is 3. The minimum Gasteiger partial charge on any atom is -0.508 e. The molecule has 1 aromatic carbocycles. The number of aromatic hydroxyl groups is 1. The van der Waals surface area contributed by atoms with Crippen LogP contribution in [-0.2, 0) is 0 Å². The number of phenols is 1. The lowest BCUT2D eigenvalue weighted by molar-refractivity contribution is 0.103. The molecule has 8 nitrogen and oxygen atoms in total. The van der Waals surface area contributed by atoms with Gasteiger partial charge in [-0.2, -0.15) is 5.10 Å². The van der Waals surface area contributed by atoms with Crippen molar-refractivity contribution < 1.29 is 9.90 Å². The molecule has 1 aliphatic rings. The first-order valence-corrected chi connectivity index (χ1v) is 12.2. The van der Waals surface area contributed by atoms with Gasteiger partial charge in [0.15, 0.2) is 10.9 Å². The molecular formula is C24H32N6O2S. The van der Waals surface area contributed by atoms with E-state index in [0.29, 0.717) is 27.3 Å². The highest BCUT2D eigenvalue weighted by atomic mass is 32.1. The summed E-state index contributed by atoms with van der Waals surface area (Å²) in [7, 11) is 0. The quantitative estimate of drug-likeness (QED) is 0.433. The first-order valence-electron chi connectivity index (χ1n) is 11.4. The summed E-state index contributed by atoms with van der Waals surface area (Å²) in [5, 5.41) is 21.3. The molecular weight excluding hydrogens is 436 g/mol. The van der Waals surface area contributed by atoms with Crippen molar-refractivity contribution in [2.24, 2.45) is 5.92 Å². The summed E-state index contributed by atoms with van der Waals surface area (Å²) in [4.78, 5) is 20.1. The van der Waals surface area contributed by atoms with E-state index < -0.39 is 0 Å². The maximum Gasteiger partial charge on any atom is 0.267 e. The van der Waals surface area contributed by atoms with E-state index in [-0.39, 0.29) is 11.7 Å². The van der Waals surface area contributed by atoms with Crippen LogP contribution in [0.1, 0.15) is 53.5 Å². The third-order valence-electron chi connectivity index (χ3n) is 6.10. The van der Waals surface area contributed by atoms with Crippen molar-refractivity contribution in [3.63, 3.8) is 0 Å². The lowest BCUT2D eigenvalue weighted by Crippen LogP contribution is -2.24. The van der Waals surface area contributed by atoms with Crippen LogP contribution in [0.2, 0.25) is 0 Å². The Morgan fingerprint density at radius 3 is 2.91 bits per heavy atom. The number of carbonyl (C=O) groups is 1. The van der Waals surface area contributed by atoms with Crippen LogP contribution in [-0.4, -0.2) is 50.3 Å². The number of nitrogens with zero attached hydrogens (tertiary/aromatic N) is 4. The highest BCUT2D eigenvalue weighted by Crippen LogP contribution is 2.30. The first-order chi connectivity index (χ1) is 15.8. The Morgan fingerprint density at radius 2 is 2.12 bits per heavy atom. The fourth-order valence-electron chi connectivity index (χ4n) is 4.03. The summed E-state index contributed by atoms with van der Waals surface area (Å²) in [5.74, 6) is 1.35. The Balaban J connectivity index is 1.35. The van der Waals surface area contributed by atoms with Gasteiger partial charge in [-0.25, -0.2) is 4.98 Å². The summed E-state index contributed by atoms with van der Waals surface area (Å²) in [6, 6.07) is 5.74. The lowest BCUT2D eigenvalue weighted by atomic mass is 10.1. The molecule has 0 saturated carbocycles. The largest absolute Gasteiger partial charge is 0.508 e. The Morgan fingerprint density at radius 1 is 1.30 bits per heavy atom. The number of nitrogens with one attached hydrogen (secondary N) is 2. The SMILES string of the molecule is Cc1ccc(O)c(C)c1NC(=O)c1cnc(Nc2ccn([C@@H]3CCN(CCC(C)C)C3)n2)s1. The zero-order valence-electron chi connectivity index (χ0n) is 19.6. The highest BCUT2D eigenvalue weighted by molar-refractivity contribution is 7.17. The topological polar surface area (TPSA) is 95.3 Å². The van der Waals surface area contributed by atoms with E-state index in [0.717, 1.165) is 43.4 Å². The molecule has 0 radical (unpaired) electrons. The van der Waals surface area contributed by atoms with Gasteiger partial charge in [-0.15, -0.1) is 0 Å². The number of amides is 1. The molecule has 9 heteroatoms. The second-order valence-electron chi connectivity index (χ2n) is 9.12. The van der Waals surface area contributed by atoms with Gasteiger partial charge in [0, 0.05) is 30.9 Å². The summed E-state index contributed by atoms with van der Waals surface area (Å²) >= 11 is 1.27. The van der Waals surface area contributed by atoms with Gasteiger partial charge in [-0.05, 0) is 50.8 Å². The van der Waals surface area contributed by atoms with Gasteiger partial charge in [-0.3, -0.25) is 9.48 Å². The Labute approximate surface area is 198 Å². The minimum atomic E-state index is -0.254. The summed E-state index contributed by atoms with van der Waals surface area (Å²) in [5.41, 5.74) is 2.16. The molecule has 3 heterocycles. The van der Waals surface area contributed by atoms with Gasteiger partial charge in [0.05, 0.1) is 17.9 Å². The fraction of sp³-hybridized carbons (Fsp3) is 0.458. The van der Waals surface area contributed by atoms with Crippen LogP contribution >= 0.6 is 11.3 Å². The molecule has 4 rings (SSSR count). The predicted molar refractivity (Wildman–Crippen MR) is 133 cm³/mol. The van der Waals surface area contributed by atoms with Crippen molar-refractivity contribution in [1.82, 2.24) is 19.7 Å². The zero-order chi connectivity index (χ0) is 23.5. The van der Waals surface area contributed by atoms with Crippen molar-refractivity contribution in [2.45, 2.75) is 46.6 Å². The van der Waals surface area contributed by atoms with E-state index in [2.05, 4.69) is 39.5 Å². The van der Waals surface area contributed by atoms with Gasteiger partial charge >= 0.3 is 0 Å². The average molecular weight is 469 g/mol. The van der Waals surface area contributed by atoms with Crippen molar-refractivity contribution in [2.75, 3.05) is 30.3 Å². The summed E-state index contributed by atoms with van der Waals surface area (Å²) in [6.45, 7) is 11.5. The molecule has 1 saturated heterocycles. The molecule has 1 fully saturated rings. The Bertz CT molecular complexity index is 1120. The number of hydrogen-bond acceptors (Lipinski definition) is 7. The third kappa shape index (κ3) is 5.54. The van der Waals surface area contributed by atoms with E-state index in [9.17, 15) is 9.90 Å². The maximum atomic E-state index is 12.7. The van der Waals surface area contributed by atoms with E-state index in [1.54, 1.807) is 25.3 Å². The number of anilines is 3. The van der Waals surface area contributed by atoms with E-state index in [4.69, 9.17) is 0 Å². The van der Waals surface area contributed by atoms with E-state index in [1.807, 2.05) is 23.9 Å². The van der Waals surface area contributed by atoms with Gasteiger partial charge in [0.25, 0.3) is 5.91 Å². The monoisotopic (exact) mass is 468 g/mol. The molecule has 3 aromatic rings. The molecule has 1 amide bonds. The van der Waals surface area contributed by atoms with Crippen LogP contribution in [0.25, 0.3) is 0 Å². The van der Waals surface area contributed by atoms with Crippen LogP contribution in [0.15, 0.2) is 30.6 Å². The van der Waals surface area contributed by atoms with Crippen LogP contribution in [0.5, 0.6) is 5.75 Å². The smallest absolute Gasteiger partial charge is 0.267 e. The average Bonchev–Trinajstić information content (AvgIpc) is 3.53. The first kappa shape index (κ1) is 23.3. The maximum absolute atomic E-state index is 12.7. The van der Waals surface area contributed by atoms with Gasteiger partial charge < -0.3 is 20.6 Å². The number of benzene rings is 1. The molecule has 1 atom stereocenters. The van der Waals surface area contributed by atoms with E-state index in [1.165, 1.54) is 17.8 Å². The van der Waals surface area contributed by atoms with E-state index >= 15 is 0 Å². The van der Waals surface area contributed by atoms with Gasteiger partial charge in [-0.1, -0.05) is 31.3 Å². The number of aromatic nitrogens is 3. The van der Waals surface area contributed by atoms with Crippen molar-refractivity contribution in [3.05, 3.63) is 46.6 Å². The second-order valence-corrected chi connectivity index (χ2v) is 10.1. The molecule has 0 bridgehead atoms. The van der Waals surface area contributed by atoms with Crippen molar-refractivity contribution in [1.29, 1.82) is 0 Å². The molecule has 0 aliphatic carbocycles. The zero-order valence-corrected chi connectivity index (χ0v) is 20.4. The van der Waals surface area contributed by atoms with Crippen LogP contribution < -0.4 is 10.6 Å².